The van der Waals surface area contributed by atoms with Gasteiger partial charge in [0, 0.05) is 63.5 Å². The number of aromatic nitrogens is 2. The molecule has 7 nitrogen and oxygen atoms in total. The minimum absolute atomic E-state index is 0.150. The number of aryl methyl sites for hydroxylation is 2. The largest absolute Gasteiger partial charge is 0.337 e. The maximum atomic E-state index is 13.6. The van der Waals surface area contributed by atoms with Gasteiger partial charge in [0.1, 0.15) is 0 Å². The fourth-order valence-electron chi connectivity index (χ4n) is 5.72. The lowest BCUT2D eigenvalue weighted by atomic mass is 9.93. The first-order valence-corrected chi connectivity index (χ1v) is 12.9. The Bertz CT molecular complexity index is 987. The average molecular weight is 466 g/mol. The van der Waals surface area contributed by atoms with Crippen LogP contribution in [-0.2, 0) is 29.6 Å². The number of hydrogen-bond donors (Lipinski definition) is 0. The number of hydrogen-bond acceptors (Lipinski definition) is 4. The van der Waals surface area contributed by atoms with Gasteiger partial charge >= 0.3 is 0 Å². The van der Waals surface area contributed by atoms with Gasteiger partial charge in [0.25, 0.3) is 0 Å². The molecule has 0 radical (unpaired) electrons. The molecule has 0 saturated carbocycles. The first-order chi connectivity index (χ1) is 16.5. The first-order valence-electron chi connectivity index (χ1n) is 12.9. The zero-order chi connectivity index (χ0) is 24.1. The lowest BCUT2D eigenvalue weighted by Crippen LogP contribution is -2.52. The van der Waals surface area contributed by atoms with E-state index in [9.17, 15) is 9.59 Å². The van der Waals surface area contributed by atoms with Crippen LogP contribution in [0.5, 0.6) is 0 Å². The molecule has 2 aliphatic rings. The van der Waals surface area contributed by atoms with Gasteiger partial charge in [0.15, 0.2) is 0 Å². The molecule has 0 spiro atoms. The lowest BCUT2D eigenvalue weighted by molar-refractivity contribution is -0.133. The Morgan fingerprint density at radius 2 is 1.85 bits per heavy atom. The van der Waals surface area contributed by atoms with Crippen LogP contribution in [0, 0.1) is 0 Å². The van der Waals surface area contributed by atoms with E-state index in [2.05, 4.69) is 23.0 Å². The highest BCUT2D eigenvalue weighted by atomic mass is 16.2. The number of fused-ring (bicyclic) bond motifs is 3. The molecule has 0 N–H and O–H groups in total. The van der Waals surface area contributed by atoms with Gasteiger partial charge in [-0.3, -0.25) is 19.2 Å². The molecule has 2 atom stereocenters. The number of para-hydroxylation sites is 1. The summed E-state index contributed by atoms with van der Waals surface area (Å²) in [4.78, 5) is 33.2. The Hall–Kier alpha value is -2.67. The SMILES string of the molecule is CCC(=O)N1CCC2CCCC(CN(C(=O)CCc3cnn(C)c3)Cc3ccccc31)N2CC. The fourth-order valence-corrected chi connectivity index (χ4v) is 5.72. The molecule has 1 saturated heterocycles. The van der Waals surface area contributed by atoms with Crippen LogP contribution < -0.4 is 4.90 Å². The number of amides is 2. The van der Waals surface area contributed by atoms with E-state index in [1.54, 1.807) is 4.68 Å². The molecule has 2 aromatic rings. The summed E-state index contributed by atoms with van der Waals surface area (Å²) in [7, 11) is 1.90. The molecular formula is C27H39N5O2. The molecule has 2 unspecified atom stereocenters. The van der Waals surface area contributed by atoms with Crippen LogP contribution in [0.4, 0.5) is 5.69 Å². The topological polar surface area (TPSA) is 61.7 Å². The van der Waals surface area contributed by atoms with Crippen molar-refractivity contribution in [2.24, 2.45) is 7.05 Å². The van der Waals surface area contributed by atoms with Crippen LogP contribution in [0.1, 0.15) is 63.5 Å². The average Bonchev–Trinajstić information content (AvgIpc) is 3.27. The van der Waals surface area contributed by atoms with Crippen LogP contribution in [0.2, 0.25) is 0 Å². The molecule has 184 valence electrons. The van der Waals surface area contributed by atoms with Gasteiger partial charge in [-0.2, -0.15) is 5.10 Å². The van der Waals surface area contributed by atoms with E-state index in [4.69, 9.17) is 0 Å². The third kappa shape index (κ3) is 5.52. The summed E-state index contributed by atoms with van der Waals surface area (Å²) >= 11 is 0. The highest BCUT2D eigenvalue weighted by molar-refractivity contribution is 5.94. The molecule has 34 heavy (non-hydrogen) atoms. The molecule has 1 fully saturated rings. The van der Waals surface area contributed by atoms with E-state index in [1.807, 2.05) is 54.4 Å². The van der Waals surface area contributed by atoms with Crippen LogP contribution >= 0.6 is 0 Å². The lowest BCUT2D eigenvalue weighted by Gasteiger charge is -2.43. The predicted octanol–water partition coefficient (Wildman–Crippen LogP) is 3.77. The van der Waals surface area contributed by atoms with E-state index in [1.165, 1.54) is 6.42 Å². The molecule has 2 aliphatic heterocycles. The normalized spacial score (nSPS) is 21.6. The van der Waals surface area contributed by atoms with Crippen molar-refractivity contribution in [3.05, 3.63) is 47.8 Å². The van der Waals surface area contributed by atoms with Crippen LogP contribution in [0.25, 0.3) is 0 Å². The number of nitrogens with zero attached hydrogens (tertiary/aromatic N) is 5. The highest BCUT2D eigenvalue weighted by Crippen LogP contribution is 2.30. The maximum absolute atomic E-state index is 13.6. The second-order valence-electron chi connectivity index (χ2n) is 9.68. The number of anilines is 1. The Labute approximate surface area is 203 Å². The Morgan fingerprint density at radius 3 is 2.59 bits per heavy atom. The summed E-state index contributed by atoms with van der Waals surface area (Å²) in [6, 6.07) is 8.96. The number of benzene rings is 1. The minimum Gasteiger partial charge on any atom is -0.337 e. The fraction of sp³-hybridized carbons (Fsp3) is 0.593. The summed E-state index contributed by atoms with van der Waals surface area (Å²) in [6.45, 7) is 7.14. The third-order valence-corrected chi connectivity index (χ3v) is 7.48. The van der Waals surface area contributed by atoms with Crippen LogP contribution in [-0.4, -0.2) is 63.1 Å². The van der Waals surface area contributed by atoms with Crippen molar-refractivity contribution in [3.8, 4) is 0 Å². The standard InChI is InChI=1S/C27H39N5O2/c1-4-26(33)32-16-15-23-10-8-11-24(31(23)5-2)20-30(19-22-9-6-7-12-25(22)32)27(34)14-13-21-17-28-29(3)18-21/h6-7,9,12,17-18,23-24H,4-5,8,10-11,13-16,19-20H2,1-3H3. The second-order valence-corrected chi connectivity index (χ2v) is 9.68. The third-order valence-electron chi connectivity index (χ3n) is 7.48. The first kappa shape index (κ1) is 24.5. The molecule has 4 rings (SSSR count). The van der Waals surface area contributed by atoms with E-state index in [0.29, 0.717) is 37.9 Å². The molecule has 0 aliphatic carbocycles. The number of piperidine rings is 1. The molecule has 1 aromatic carbocycles. The van der Waals surface area contributed by atoms with Gasteiger partial charge in [0.2, 0.25) is 11.8 Å². The second kappa shape index (κ2) is 11.2. The van der Waals surface area contributed by atoms with Crippen molar-refractivity contribution in [2.75, 3.05) is 24.5 Å². The van der Waals surface area contributed by atoms with Crippen LogP contribution in [0.3, 0.4) is 0 Å². The van der Waals surface area contributed by atoms with Crippen molar-refractivity contribution in [1.29, 1.82) is 0 Å². The molecule has 7 heteroatoms. The zero-order valence-corrected chi connectivity index (χ0v) is 20.9. The maximum Gasteiger partial charge on any atom is 0.226 e. The number of rotatable bonds is 5. The van der Waals surface area contributed by atoms with E-state index in [0.717, 1.165) is 55.7 Å². The van der Waals surface area contributed by atoms with Gasteiger partial charge in [-0.25, -0.2) is 0 Å². The Kier molecular flexibility index (Phi) is 8.03. The summed E-state index contributed by atoms with van der Waals surface area (Å²) in [5.41, 5.74) is 3.10. The van der Waals surface area contributed by atoms with Gasteiger partial charge in [-0.15, -0.1) is 0 Å². The molecule has 2 bridgehead atoms. The molecule has 3 heterocycles. The Morgan fingerprint density at radius 1 is 1.06 bits per heavy atom. The molecule has 2 amide bonds. The van der Waals surface area contributed by atoms with Gasteiger partial charge in [0.05, 0.1) is 6.20 Å². The molecule has 1 aromatic heterocycles. The van der Waals surface area contributed by atoms with E-state index in [-0.39, 0.29) is 11.8 Å². The van der Waals surface area contributed by atoms with Gasteiger partial charge in [-0.05, 0) is 49.4 Å². The van der Waals surface area contributed by atoms with Crippen molar-refractivity contribution >= 4 is 17.5 Å². The van der Waals surface area contributed by atoms with Gasteiger partial charge in [-0.1, -0.05) is 38.5 Å². The van der Waals surface area contributed by atoms with Crippen LogP contribution in [0.15, 0.2) is 36.7 Å². The predicted molar refractivity (Wildman–Crippen MR) is 134 cm³/mol. The van der Waals surface area contributed by atoms with Gasteiger partial charge < -0.3 is 9.80 Å². The summed E-state index contributed by atoms with van der Waals surface area (Å²) in [5.74, 6) is 0.320. The van der Waals surface area contributed by atoms with E-state index >= 15 is 0 Å². The van der Waals surface area contributed by atoms with Crippen molar-refractivity contribution < 1.29 is 9.59 Å². The number of carbonyl (C=O) groups is 2. The van der Waals surface area contributed by atoms with E-state index < -0.39 is 0 Å². The number of carbonyl (C=O) groups excluding carboxylic acids is 2. The smallest absolute Gasteiger partial charge is 0.226 e. The van der Waals surface area contributed by atoms with Crippen molar-refractivity contribution in [3.63, 3.8) is 0 Å². The minimum atomic E-state index is 0.150. The zero-order valence-electron chi connectivity index (χ0n) is 20.9. The number of likely N-dealkylation sites (N-methyl/N-ethyl adjacent to an activating group) is 1. The summed E-state index contributed by atoms with van der Waals surface area (Å²) < 4.78 is 1.78. The van der Waals surface area contributed by atoms with Crippen molar-refractivity contribution in [1.82, 2.24) is 19.6 Å². The molecular weight excluding hydrogens is 426 g/mol. The summed E-state index contributed by atoms with van der Waals surface area (Å²) in [6.07, 6.45) is 9.89. The monoisotopic (exact) mass is 465 g/mol. The quantitative estimate of drug-likeness (QED) is 0.674. The Balaban J connectivity index is 1.65. The summed E-state index contributed by atoms with van der Waals surface area (Å²) in [5, 5.41) is 4.24. The van der Waals surface area contributed by atoms with Crippen molar-refractivity contribution in [2.45, 2.75) is 77.4 Å². The highest BCUT2D eigenvalue weighted by Gasteiger charge is 2.33.